The molecule has 20 heavy (non-hydrogen) atoms. The third-order valence-electron chi connectivity index (χ3n) is 2.63. The number of hydrogen-bond donors (Lipinski definition) is 2. The van der Waals surface area contributed by atoms with Crippen LogP contribution in [0.25, 0.3) is 0 Å². The van der Waals surface area contributed by atoms with Gasteiger partial charge in [0.25, 0.3) is 0 Å². The second-order valence-electron chi connectivity index (χ2n) is 3.98. The summed E-state index contributed by atoms with van der Waals surface area (Å²) in [5.41, 5.74) is 6.02. The van der Waals surface area contributed by atoms with Gasteiger partial charge in [0.1, 0.15) is 10.7 Å². The smallest absolute Gasteiger partial charge is 0.242 e. The van der Waals surface area contributed by atoms with E-state index in [9.17, 15) is 8.42 Å². The Morgan fingerprint density at radius 2 is 2.00 bits per heavy atom. The first-order valence-corrected chi connectivity index (χ1v) is 7.88. The molecule has 5 nitrogen and oxygen atoms in total. The standard InChI is InChI=1S/C12H12Cl2N2O3S/c13-10-5-11(14)12(4-8(10)6-15)20(17,18)16-7-9-2-1-3-19-9/h1-5,16H,6-7,15H2. The zero-order valence-electron chi connectivity index (χ0n) is 10.3. The fraction of sp³-hybridized carbons (Fsp3) is 0.167. The lowest BCUT2D eigenvalue weighted by atomic mass is 10.2. The molecule has 0 amide bonds. The first-order valence-electron chi connectivity index (χ1n) is 5.64. The quantitative estimate of drug-likeness (QED) is 0.879. The zero-order valence-corrected chi connectivity index (χ0v) is 12.6. The van der Waals surface area contributed by atoms with Gasteiger partial charge in [-0.25, -0.2) is 13.1 Å². The molecule has 0 saturated heterocycles. The Kier molecular flexibility index (Phi) is 4.72. The number of furan rings is 1. The number of nitrogens with two attached hydrogens (primary N) is 1. The van der Waals surface area contributed by atoms with Crippen LogP contribution in [0.1, 0.15) is 11.3 Å². The molecule has 3 N–H and O–H groups in total. The summed E-state index contributed by atoms with van der Waals surface area (Å²) >= 11 is 11.9. The first-order chi connectivity index (χ1) is 9.44. The summed E-state index contributed by atoms with van der Waals surface area (Å²) < 4.78 is 31.9. The predicted octanol–water partition coefficient (Wildman–Crippen LogP) is 2.52. The van der Waals surface area contributed by atoms with Crippen LogP contribution in [0, 0.1) is 0 Å². The SMILES string of the molecule is NCc1cc(S(=O)(=O)NCc2ccco2)c(Cl)cc1Cl. The summed E-state index contributed by atoms with van der Waals surface area (Å²) in [6, 6.07) is 6.07. The molecular formula is C12H12Cl2N2O3S. The Balaban J connectivity index is 2.29. The summed E-state index contributed by atoms with van der Waals surface area (Å²) in [6.45, 7) is 0.156. The fourth-order valence-electron chi connectivity index (χ4n) is 1.59. The molecule has 0 fully saturated rings. The molecule has 1 heterocycles. The van der Waals surface area contributed by atoms with Crippen molar-refractivity contribution in [1.82, 2.24) is 4.72 Å². The monoisotopic (exact) mass is 334 g/mol. The number of halogens is 2. The molecule has 1 aromatic heterocycles. The van der Waals surface area contributed by atoms with Crippen LogP contribution in [0.3, 0.4) is 0 Å². The van der Waals surface area contributed by atoms with Gasteiger partial charge < -0.3 is 10.2 Å². The van der Waals surface area contributed by atoms with Gasteiger partial charge in [0, 0.05) is 11.6 Å². The minimum absolute atomic E-state index is 0.0340. The van der Waals surface area contributed by atoms with E-state index < -0.39 is 10.0 Å². The lowest BCUT2D eigenvalue weighted by molar-refractivity contribution is 0.498. The zero-order chi connectivity index (χ0) is 14.8. The number of benzene rings is 1. The van der Waals surface area contributed by atoms with Crippen molar-refractivity contribution in [2.24, 2.45) is 5.73 Å². The van der Waals surface area contributed by atoms with E-state index in [1.54, 1.807) is 12.1 Å². The van der Waals surface area contributed by atoms with Gasteiger partial charge in [0.15, 0.2) is 0 Å². The summed E-state index contributed by atoms with van der Waals surface area (Å²) in [5, 5.41) is 0.377. The largest absolute Gasteiger partial charge is 0.468 e. The van der Waals surface area contributed by atoms with E-state index in [0.29, 0.717) is 16.3 Å². The van der Waals surface area contributed by atoms with Crippen molar-refractivity contribution in [3.63, 3.8) is 0 Å². The number of nitrogens with one attached hydrogen (secondary N) is 1. The van der Waals surface area contributed by atoms with Crippen LogP contribution < -0.4 is 10.5 Å². The lowest BCUT2D eigenvalue weighted by Gasteiger charge is -2.10. The molecule has 0 aliphatic carbocycles. The lowest BCUT2D eigenvalue weighted by Crippen LogP contribution is -2.23. The highest BCUT2D eigenvalue weighted by molar-refractivity contribution is 7.89. The maximum absolute atomic E-state index is 12.2. The third-order valence-corrected chi connectivity index (χ3v) is 4.84. The molecule has 0 atom stereocenters. The van der Waals surface area contributed by atoms with Crippen molar-refractivity contribution >= 4 is 33.2 Å². The maximum Gasteiger partial charge on any atom is 0.242 e. The van der Waals surface area contributed by atoms with Crippen molar-refractivity contribution in [3.05, 3.63) is 51.9 Å². The molecule has 8 heteroatoms. The molecule has 1 aromatic carbocycles. The van der Waals surface area contributed by atoms with Gasteiger partial charge in [-0.2, -0.15) is 0 Å². The first kappa shape index (κ1) is 15.3. The highest BCUT2D eigenvalue weighted by Gasteiger charge is 2.20. The van der Waals surface area contributed by atoms with Gasteiger partial charge in [0.05, 0.1) is 17.8 Å². The Morgan fingerprint density at radius 3 is 2.60 bits per heavy atom. The van der Waals surface area contributed by atoms with Gasteiger partial charge in [-0.1, -0.05) is 23.2 Å². The van der Waals surface area contributed by atoms with Gasteiger partial charge >= 0.3 is 0 Å². The Hall–Kier alpha value is -1.05. The van der Waals surface area contributed by atoms with E-state index in [2.05, 4.69) is 4.72 Å². The molecule has 0 aliphatic heterocycles. The molecule has 0 radical (unpaired) electrons. The van der Waals surface area contributed by atoms with E-state index in [1.807, 2.05) is 0 Å². The van der Waals surface area contributed by atoms with Crippen LogP contribution in [-0.4, -0.2) is 8.42 Å². The average Bonchev–Trinajstić information content (AvgIpc) is 2.89. The normalized spacial score (nSPS) is 11.8. The van der Waals surface area contributed by atoms with Crippen LogP contribution in [0.15, 0.2) is 39.8 Å². The van der Waals surface area contributed by atoms with E-state index in [0.717, 1.165) is 0 Å². The topological polar surface area (TPSA) is 85.3 Å². The Morgan fingerprint density at radius 1 is 1.25 bits per heavy atom. The molecule has 0 bridgehead atoms. The van der Waals surface area contributed by atoms with E-state index in [4.69, 9.17) is 33.4 Å². The minimum atomic E-state index is -3.77. The molecule has 2 rings (SSSR count). The second-order valence-corrected chi connectivity index (χ2v) is 6.53. The second kappa shape index (κ2) is 6.15. The van der Waals surface area contributed by atoms with E-state index >= 15 is 0 Å². The van der Waals surface area contributed by atoms with Crippen LogP contribution in [0.5, 0.6) is 0 Å². The Labute approximate surface area is 126 Å². The molecule has 2 aromatic rings. The highest BCUT2D eigenvalue weighted by Crippen LogP contribution is 2.28. The fourth-order valence-corrected chi connectivity index (χ4v) is 3.46. The van der Waals surface area contributed by atoms with Crippen molar-refractivity contribution < 1.29 is 12.8 Å². The van der Waals surface area contributed by atoms with Crippen LogP contribution >= 0.6 is 23.2 Å². The summed E-state index contributed by atoms with van der Waals surface area (Å²) in [4.78, 5) is -0.0597. The highest BCUT2D eigenvalue weighted by atomic mass is 35.5. The van der Waals surface area contributed by atoms with Gasteiger partial charge in [-0.05, 0) is 29.8 Å². The molecule has 0 spiro atoms. The van der Waals surface area contributed by atoms with Gasteiger partial charge in [-0.3, -0.25) is 0 Å². The molecule has 108 valence electrons. The molecular weight excluding hydrogens is 323 g/mol. The van der Waals surface area contributed by atoms with Crippen LogP contribution in [0.4, 0.5) is 0 Å². The molecule has 0 saturated carbocycles. The predicted molar refractivity (Wildman–Crippen MR) is 77.1 cm³/mol. The number of rotatable bonds is 5. The van der Waals surface area contributed by atoms with Crippen molar-refractivity contribution in [3.8, 4) is 0 Å². The van der Waals surface area contributed by atoms with Crippen LogP contribution in [-0.2, 0) is 23.1 Å². The number of sulfonamides is 1. The van der Waals surface area contributed by atoms with Crippen molar-refractivity contribution in [2.45, 2.75) is 18.0 Å². The summed E-state index contributed by atoms with van der Waals surface area (Å²) in [5.74, 6) is 0.498. The van der Waals surface area contributed by atoms with Gasteiger partial charge in [-0.15, -0.1) is 0 Å². The average molecular weight is 335 g/mol. The summed E-state index contributed by atoms with van der Waals surface area (Å²) in [7, 11) is -3.77. The van der Waals surface area contributed by atoms with Crippen LogP contribution in [0.2, 0.25) is 10.0 Å². The Bertz CT molecular complexity index is 700. The van der Waals surface area contributed by atoms with E-state index in [1.165, 1.54) is 18.4 Å². The molecule has 0 unspecified atom stereocenters. The van der Waals surface area contributed by atoms with Crippen molar-refractivity contribution in [1.29, 1.82) is 0 Å². The minimum Gasteiger partial charge on any atom is -0.468 e. The summed E-state index contributed by atoms with van der Waals surface area (Å²) in [6.07, 6.45) is 1.46. The third kappa shape index (κ3) is 3.34. The van der Waals surface area contributed by atoms with E-state index in [-0.39, 0.29) is 23.0 Å². The number of hydrogen-bond acceptors (Lipinski definition) is 4. The molecule has 0 aliphatic rings. The maximum atomic E-state index is 12.2. The van der Waals surface area contributed by atoms with Crippen molar-refractivity contribution in [2.75, 3.05) is 0 Å². The van der Waals surface area contributed by atoms with Gasteiger partial charge in [0.2, 0.25) is 10.0 Å².